The molecule has 0 bridgehead atoms. The standard InChI is InChI=1S/C12H22N2O3Si/c1-15-18(16-2,17-3)10-6-9-14-12-8-5-4-7-11(12)13/h4-5,7-8,14H,6,9-10,13H2,1-3H3. The van der Waals surface area contributed by atoms with Crippen LogP contribution in [0.4, 0.5) is 11.4 Å². The number of benzene rings is 1. The second-order valence-electron chi connectivity index (χ2n) is 3.91. The number of nitrogen functional groups attached to an aromatic ring is 1. The molecule has 102 valence electrons. The molecule has 0 radical (unpaired) electrons. The highest BCUT2D eigenvalue weighted by Crippen LogP contribution is 2.18. The summed E-state index contributed by atoms with van der Waals surface area (Å²) in [5.41, 5.74) is 7.55. The minimum absolute atomic E-state index is 0.756. The van der Waals surface area contributed by atoms with Crippen molar-refractivity contribution in [3.8, 4) is 0 Å². The molecule has 0 heterocycles. The lowest BCUT2D eigenvalue weighted by molar-refractivity contribution is 0.123. The average Bonchev–Trinajstić information content (AvgIpc) is 2.42. The van der Waals surface area contributed by atoms with Crippen LogP contribution in [0.5, 0.6) is 0 Å². The number of hydrogen-bond acceptors (Lipinski definition) is 5. The van der Waals surface area contributed by atoms with Crippen LogP contribution in [0.3, 0.4) is 0 Å². The summed E-state index contributed by atoms with van der Waals surface area (Å²) in [6.45, 7) is 0.805. The zero-order valence-corrected chi connectivity index (χ0v) is 12.2. The van der Waals surface area contributed by atoms with E-state index >= 15 is 0 Å². The molecule has 0 atom stereocenters. The predicted octanol–water partition coefficient (Wildman–Crippen LogP) is 1.95. The number of rotatable bonds is 8. The molecule has 0 amide bonds. The van der Waals surface area contributed by atoms with E-state index in [1.165, 1.54) is 0 Å². The van der Waals surface area contributed by atoms with Crippen LogP contribution in [0.15, 0.2) is 24.3 Å². The van der Waals surface area contributed by atoms with Gasteiger partial charge in [0.05, 0.1) is 11.4 Å². The third kappa shape index (κ3) is 3.99. The summed E-state index contributed by atoms with van der Waals surface area (Å²) in [5.74, 6) is 0. The van der Waals surface area contributed by atoms with E-state index in [9.17, 15) is 0 Å². The van der Waals surface area contributed by atoms with Gasteiger partial charge < -0.3 is 24.3 Å². The zero-order chi connectivity index (χ0) is 13.4. The van der Waals surface area contributed by atoms with Crippen molar-refractivity contribution in [2.45, 2.75) is 12.5 Å². The minimum atomic E-state index is -2.44. The summed E-state index contributed by atoms with van der Waals surface area (Å²) >= 11 is 0. The first kappa shape index (κ1) is 15.0. The highest BCUT2D eigenvalue weighted by atomic mass is 28.4. The van der Waals surface area contributed by atoms with Gasteiger partial charge in [-0.05, 0) is 18.6 Å². The van der Waals surface area contributed by atoms with Gasteiger partial charge >= 0.3 is 8.80 Å². The normalized spacial score (nSPS) is 11.5. The molecule has 0 spiro atoms. The summed E-state index contributed by atoms with van der Waals surface area (Å²) < 4.78 is 16.1. The summed E-state index contributed by atoms with van der Waals surface area (Å²) in [6.07, 6.45) is 0.899. The maximum absolute atomic E-state index is 5.84. The van der Waals surface area contributed by atoms with E-state index in [1.54, 1.807) is 21.3 Å². The van der Waals surface area contributed by atoms with Gasteiger partial charge in [-0.3, -0.25) is 0 Å². The molecular weight excluding hydrogens is 248 g/mol. The Morgan fingerprint density at radius 1 is 1.11 bits per heavy atom. The first-order valence-electron chi connectivity index (χ1n) is 5.91. The molecule has 0 saturated heterocycles. The van der Waals surface area contributed by atoms with E-state index in [-0.39, 0.29) is 0 Å². The van der Waals surface area contributed by atoms with Gasteiger partial charge in [0.15, 0.2) is 0 Å². The fraction of sp³-hybridized carbons (Fsp3) is 0.500. The Hall–Kier alpha value is -1.08. The topological polar surface area (TPSA) is 65.7 Å². The van der Waals surface area contributed by atoms with Crippen LogP contribution in [0.2, 0.25) is 6.04 Å². The molecule has 1 aromatic rings. The molecule has 5 nitrogen and oxygen atoms in total. The molecule has 0 aliphatic rings. The summed E-state index contributed by atoms with van der Waals surface area (Å²) in [4.78, 5) is 0. The number of para-hydroxylation sites is 2. The largest absolute Gasteiger partial charge is 0.500 e. The number of hydrogen-bond donors (Lipinski definition) is 2. The highest BCUT2D eigenvalue weighted by Gasteiger charge is 2.36. The molecule has 1 rings (SSSR count). The van der Waals surface area contributed by atoms with Crippen LogP contribution in [-0.4, -0.2) is 36.7 Å². The van der Waals surface area contributed by atoms with Crippen LogP contribution in [0, 0.1) is 0 Å². The number of nitrogens with two attached hydrogens (primary N) is 1. The minimum Gasteiger partial charge on any atom is -0.397 e. The molecule has 3 N–H and O–H groups in total. The Morgan fingerprint density at radius 2 is 1.72 bits per heavy atom. The lowest BCUT2D eigenvalue weighted by Crippen LogP contribution is -2.42. The zero-order valence-electron chi connectivity index (χ0n) is 11.2. The Kier molecular flexibility index (Phi) is 6.13. The van der Waals surface area contributed by atoms with Crippen molar-refractivity contribution in [3.05, 3.63) is 24.3 Å². The van der Waals surface area contributed by atoms with E-state index in [1.807, 2.05) is 24.3 Å². The van der Waals surface area contributed by atoms with Crippen molar-refractivity contribution in [2.75, 3.05) is 38.9 Å². The Morgan fingerprint density at radius 3 is 2.28 bits per heavy atom. The van der Waals surface area contributed by atoms with E-state index in [4.69, 9.17) is 19.0 Å². The van der Waals surface area contributed by atoms with Crippen LogP contribution < -0.4 is 11.1 Å². The molecule has 0 fully saturated rings. The quantitative estimate of drug-likeness (QED) is 0.429. The monoisotopic (exact) mass is 270 g/mol. The molecule has 0 saturated carbocycles. The van der Waals surface area contributed by atoms with Gasteiger partial charge in [-0.25, -0.2) is 0 Å². The second-order valence-corrected chi connectivity index (χ2v) is 7.00. The fourth-order valence-corrected chi connectivity index (χ4v) is 3.46. The average molecular weight is 270 g/mol. The van der Waals surface area contributed by atoms with Crippen LogP contribution in [-0.2, 0) is 13.3 Å². The van der Waals surface area contributed by atoms with Crippen molar-refractivity contribution in [2.24, 2.45) is 0 Å². The second kappa shape index (κ2) is 7.37. The fourth-order valence-electron chi connectivity index (χ4n) is 1.74. The van der Waals surface area contributed by atoms with Crippen LogP contribution >= 0.6 is 0 Å². The van der Waals surface area contributed by atoms with E-state index in [0.29, 0.717) is 0 Å². The maximum Gasteiger partial charge on any atom is 0.500 e. The van der Waals surface area contributed by atoms with Crippen LogP contribution in [0.1, 0.15) is 6.42 Å². The van der Waals surface area contributed by atoms with Crippen molar-refractivity contribution in [3.63, 3.8) is 0 Å². The number of nitrogens with one attached hydrogen (secondary N) is 1. The van der Waals surface area contributed by atoms with Crippen LogP contribution in [0.25, 0.3) is 0 Å². The first-order chi connectivity index (χ1) is 8.67. The van der Waals surface area contributed by atoms with Gasteiger partial charge in [-0.2, -0.15) is 0 Å². The van der Waals surface area contributed by atoms with E-state index in [2.05, 4.69) is 5.32 Å². The molecule has 0 unspecified atom stereocenters. The summed E-state index contributed by atoms with van der Waals surface area (Å²) in [5, 5.41) is 3.29. The van der Waals surface area contributed by atoms with Crippen molar-refractivity contribution < 1.29 is 13.3 Å². The van der Waals surface area contributed by atoms with Gasteiger partial charge in [-0.15, -0.1) is 0 Å². The lowest BCUT2D eigenvalue weighted by atomic mass is 10.2. The van der Waals surface area contributed by atoms with Gasteiger partial charge in [0.1, 0.15) is 0 Å². The van der Waals surface area contributed by atoms with Crippen molar-refractivity contribution in [1.29, 1.82) is 0 Å². The molecule has 6 heteroatoms. The molecule has 18 heavy (non-hydrogen) atoms. The lowest BCUT2D eigenvalue weighted by Gasteiger charge is -2.24. The first-order valence-corrected chi connectivity index (χ1v) is 7.84. The molecule has 0 aliphatic heterocycles. The summed E-state index contributed by atoms with van der Waals surface area (Å²) in [7, 11) is 2.44. The third-order valence-corrected chi connectivity index (χ3v) is 5.70. The highest BCUT2D eigenvalue weighted by molar-refractivity contribution is 6.60. The summed E-state index contributed by atoms with van der Waals surface area (Å²) in [6, 6.07) is 8.48. The van der Waals surface area contributed by atoms with Gasteiger partial charge in [0.25, 0.3) is 0 Å². The Labute approximate surface area is 110 Å². The van der Waals surface area contributed by atoms with Gasteiger partial charge in [0.2, 0.25) is 0 Å². The Bertz CT molecular complexity index is 351. The van der Waals surface area contributed by atoms with Gasteiger partial charge in [0, 0.05) is 33.9 Å². The smallest absolute Gasteiger partial charge is 0.397 e. The Balaban J connectivity index is 2.37. The number of anilines is 2. The molecule has 0 aromatic heterocycles. The molecule has 0 aliphatic carbocycles. The SMILES string of the molecule is CO[Si](CCCNc1ccccc1N)(OC)OC. The maximum atomic E-state index is 5.84. The van der Waals surface area contributed by atoms with Gasteiger partial charge in [-0.1, -0.05) is 12.1 Å². The van der Waals surface area contributed by atoms with Crippen molar-refractivity contribution >= 4 is 20.2 Å². The third-order valence-electron chi connectivity index (χ3n) is 2.87. The molecule has 1 aromatic carbocycles. The predicted molar refractivity (Wildman–Crippen MR) is 75.5 cm³/mol. The molecular formula is C12H22N2O3Si. The van der Waals surface area contributed by atoms with E-state index in [0.717, 1.165) is 30.4 Å². The van der Waals surface area contributed by atoms with Crippen molar-refractivity contribution in [1.82, 2.24) is 0 Å². The van der Waals surface area contributed by atoms with E-state index < -0.39 is 8.80 Å².